The second kappa shape index (κ2) is 17.2. The van der Waals surface area contributed by atoms with Crippen LogP contribution in [0.2, 0.25) is 0 Å². The summed E-state index contributed by atoms with van der Waals surface area (Å²) in [6.45, 7) is 6.33. The lowest BCUT2D eigenvalue weighted by Crippen LogP contribution is -2.45. The molecule has 1 aliphatic rings. The van der Waals surface area contributed by atoms with Gasteiger partial charge in [-0.25, -0.2) is 9.59 Å². The number of allylic oxidation sites excluding steroid dienone is 1. The van der Waals surface area contributed by atoms with Gasteiger partial charge in [-0.1, -0.05) is 18.2 Å². The van der Waals surface area contributed by atoms with Gasteiger partial charge in [0.05, 0.1) is 42.6 Å². The van der Waals surface area contributed by atoms with E-state index in [0.29, 0.717) is 64.1 Å². The molecule has 47 heavy (non-hydrogen) atoms. The third-order valence-corrected chi connectivity index (χ3v) is 8.05. The molecule has 3 aromatic rings. The Morgan fingerprint density at radius 3 is 2.47 bits per heavy atom. The van der Waals surface area contributed by atoms with Crippen LogP contribution >= 0.6 is 38.5 Å². The predicted octanol–water partition coefficient (Wildman–Crippen LogP) is 5.55. The van der Waals surface area contributed by atoms with Crippen molar-refractivity contribution in [1.82, 2.24) is 16.1 Å². The Morgan fingerprint density at radius 2 is 1.77 bits per heavy atom. The van der Waals surface area contributed by atoms with E-state index in [-0.39, 0.29) is 12.2 Å². The van der Waals surface area contributed by atoms with Gasteiger partial charge in [0.1, 0.15) is 13.2 Å². The van der Waals surface area contributed by atoms with Crippen LogP contribution in [0.25, 0.3) is 0 Å². The Bertz CT molecular complexity index is 1630. The maximum Gasteiger partial charge on any atom is 0.337 e. The summed E-state index contributed by atoms with van der Waals surface area (Å²) in [4.78, 5) is 24.7. The van der Waals surface area contributed by atoms with Crippen LogP contribution < -0.4 is 35.0 Å². The molecule has 1 aliphatic heterocycles. The quantitative estimate of drug-likeness (QED) is 0.0509. The zero-order valence-electron chi connectivity index (χ0n) is 26.3. The van der Waals surface area contributed by atoms with E-state index in [1.54, 1.807) is 37.4 Å². The molecule has 0 aliphatic carbocycles. The van der Waals surface area contributed by atoms with Crippen LogP contribution in [0.1, 0.15) is 43.5 Å². The van der Waals surface area contributed by atoms with Crippen molar-refractivity contribution >= 4 is 56.7 Å². The van der Waals surface area contributed by atoms with Crippen molar-refractivity contribution in [3.05, 3.63) is 90.6 Å². The van der Waals surface area contributed by atoms with Gasteiger partial charge in [-0.15, -0.1) is 0 Å². The number of rotatable bonds is 15. The molecule has 14 heteroatoms. The van der Waals surface area contributed by atoms with Gasteiger partial charge in [0, 0.05) is 9.27 Å². The number of benzene rings is 3. The molecule has 4 rings (SSSR count). The Kier molecular flexibility index (Phi) is 13.1. The number of methoxy groups -OCH3 is 1. The van der Waals surface area contributed by atoms with Crippen LogP contribution in [-0.2, 0) is 16.1 Å². The van der Waals surface area contributed by atoms with E-state index in [9.17, 15) is 14.7 Å². The Hall–Kier alpha value is -4.02. The van der Waals surface area contributed by atoms with Gasteiger partial charge in [0.25, 0.3) is 0 Å². The fourth-order valence-corrected chi connectivity index (χ4v) is 5.56. The molecule has 0 unspecified atom stereocenters. The van der Waals surface area contributed by atoms with Crippen molar-refractivity contribution in [1.29, 1.82) is 0 Å². The summed E-state index contributed by atoms with van der Waals surface area (Å²) in [6.07, 6.45) is 0.383. The first kappa shape index (κ1) is 35.8. The summed E-state index contributed by atoms with van der Waals surface area (Å²) in [6, 6.07) is 15.5. The van der Waals surface area contributed by atoms with Gasteiger partial charge in [0.2, 0.25) is 0 Å². The first-order valence-electron chi connectivity index (χ1n) is 14.7. The van der Waals surface area contributed by atoms with E-state index in [4.69, 9.17) is 23.7 Å². The zero-order chi connectivity index (χ0) is 33.9. The first-order valence-corrected chi connectivity index (χ1v) is 16.6. The highest BCUT2D eigenvalue weighted by atomic mass is 127. The van der Waals surface area contributed by atoms with E-state index < -0.39 is 24.3 Å². The van der Waals surface area contributed by atoms with Crippen LogP contribution in [0.3, 0.4) is 0 Å². The van der Waals surface area contributed by atoms with Crippen LogP contribution in [-0.4, -0.2) is 56.5 Å². The van der Waals surface area contributed by atoms with Crippen LogP contribution in [0.5, 0.6) is 23.0 Å². The van der Waals surface area contributed by atoms with Crippen molar-refractivity contribution < 1.29 is 38.4 Å². The fourth-order valence-electron chi connectivity index (χ4n) is 4.62. The number of aliphatic hydroxyl groups is 1. The highest BCUT2D eigenvalue weighted by molar-refractivity contribution is 14.1. The number of nitrogens with zero attached hydrogens (tertiary/aromatic N) is 1. The summed E-state index contributed by atoms with van der Waals surface area (Å²) in [7, 11) is 1.28. The molecule has 0 spiro atoms. The van der Waals surface area contributed by atoms with E-state index in [0.717, 1.165) is 9.13 Å². The summed E-state index contributed by atoms with van der Waals surface area (Å²) in [5.74, 6) is 1.28. The van der Waals surface area contributed by atoms with E-state index in [2.05, 4.69) is 59.7 Å². The lowest BCUT2D eigenvalue weighted by atomic mass is 9.95. The molecule has 0 radical (unpaired) electrons. The third-order valence-electron chi connectivity index (χ3n) is 6.74. The van der Waals surface area contributed by atoms with Crippen molar-refractivity contribution in [2.45, 2.75) is 39.6 Å². The smallest absolute Gasteiger partial charge is 0.337 e. The highest BCUT2D eigenvalue weighted by Crippen LogP contribution is 2.37. The van der Waals surface area contributed by atoms with Crippen LogP contribution in [0.15, 0.2) is 75.4 Å². The number of hydrogen-bond donors (Lipinski definition) is 4. The topological polar surface area (TPSA) is 149 Å². The number of urea groups is 1. The summed E-state index contributed by atoms with van der Waals surface area (Å²) < 4.78 is 30.3. The number of ether oxygens (including phenoxy) is 5. The van der Waals surface area contributed by atoms with Crippen molar-refractivity contribution in [2.24, 2.45) is 5.10 Å². The normalized spacial score (nSPS) is 15.0. The number of nitrogens with one attached hydrogen (secondary N) is 3. The molecule has 3 aromatic carbocycles. The molecule has 0 aromatic heterocycles. The second-order valence-electron chi connectivity index (χ2n) is 10.1. The molecule has 2 atom stereocenters. The lowest BCUT2D eigenvalue weighted by molar-refractivity contribution is -0.136. The van der Waals surface area contributed by atoms with Crippen LogP contribution in [0.4, 0.5) is 4.79 Å². The van der Waals surface area contributed by atoms with E-state index >= 15 is 0 Å². The number of amides is 2. The maximum absolute atomic E-state index is 12.5. The molecule has 12 nitrogen and oxygen atoms in total. The number of hydrogen-bond acceptors (Lipinski definition) is 10. The fraction of sp³-hybridized carbons (Fsp3) is 0.303. The molecule has 0 bridgehead atoms. The molecule has 250 valence electrons. The van der Waals surface area contributed by atoms with Gasteiger partial charge in [-0.2, -0.15) is 5.10 Å². The molecule has 0 saturated heterocycles. The van der Waals surface area contributed by atoms with Gasteiger partial charge in [-0.05, 0) is 112 Å². The van der Waals surface area contributed by atoms with E-state index in [1.807, 2.05) is 44.2 Å². The Balaban J connectivity index is 1.40. The molecule has 2 amide bonds. The number of aliphatic hydroxyl groups excluding tert-OH is 1. The number of carbonyl (C=O) groups is 2. The minimum Gasteiger partial charge on any atom is -0.490 e. The molecular weight excluding hydrogens is 787 g/mol. The molecule has 4 N–H and O–H groups in total. The second-order valence-corrected chi connectivity index (χ2v) is 12.2. The monoisotopic (exact) mass is 822 g/mol. The molecule has 0 fully saturated rings. The number of carbonyl (C=O) groups excluding carboxylic acids is 2. The van der Waals surface area contributed by atoms with Gasteiger partial charge >= 0.3 is 12.0 Å². The SMILES string of the molecule is CCOc1cc([C@@H]2NC(=O)NC(C)=C2C(=O)OC)ccc1OC[C@@H](O)N/N=C\c1cc(Br)c(OCc2ccc(I)cc2)c(OCC)c1. The average molecular weight is 823 g/mol. The number of halogens is 2. The van der Waals surface area contributed by atoms with Crippen molar-refractivity contribution in [3.63, 3.8) is 0 Å². The molecule has 1 heterocycles. The average Bonchev–Trinajstić information content (AvgIpc) is 3.04. The van der Waals surface area contributed by atoms with Gasteiger partial charge in [-0.3, -0.25) is 5.43 Å². The standard InChI is InChI=1S/C33H36BrIN4O8/c1-5-44-26-15-22(30-29(32(41)43-4)19(3)37-33(42)38-30)9-12-25(26)46-18-28(40)39-36-16-21-13-24(34)31(27(14-21)45-6-2)47-17-20-7-10-23(35)11-8-20/h7-16,28,30,39-40H,5-6,17-18H2,1-4H3,(H2,37,38,42)/b36-16-/t28-,30+/m1/s1. The largest absolute Gasteiger partial charge is 0.490 e. The maximum atomic E-state index is 12.5. The van der Waals surface area contributed by atoms with Gasteiger partial charge < -0.3 is 39.4 Å². The van der Waals surface area contributed by atoms with E-state index in [1.165, 1.54) is 7.11 Å². The summed E-state index contributed by atoms with van der Waals surface area (Å²) in [5.41, 5.74) is 5.63. The number of esters is 1. The van der Waals surface area contributed by atoms with Crippen molar-refractivity contribution in [3.8, 4) is 23.0 Å². The summed E-state index contributed by atoms with van der Waals surface area (Å²) in [5, 5.41) is 20.0. The Labute approximate surface area is 295 Å². The number of hydrazone groups is 1. The van der Waals surface area contributed by atoms with Crippen molar-refractivity contribution in [2.75, 3.05) is 26.9 Å². The highest BCUT2D eigenvalue weighted by Gasteiger charge is 2.32. The zero-order valence-corrected chi connectivity index (χ0v) is 30.0. The predicted molar refractivity (Wildman–Crippen MR) is 188 cm³/mol. The minimum absolute atomic E-state index is 0.160. The van der Waals surface area contributed by atoms with Crippen LogP contribution in [0, 0.1) is 3.57 Å². The first-order chi connectivity index (χ1) is 22.6. The Morgan fingerprint density at radius 1 is 1.04 bits per heavy atom. The lowest BCUT2D eigenvalue weighted by Gasteiger charge is -2.28. The minimum atomic E-state index is -1.16. The summed E-state index contributed by atoms with van der Waals surface area (Å²) >= 11 is 5.84. The third kappa shape index (κ3) is 9.74. The molecular formula is C33H36BrIN4O8. The molecule has 0 saturated carbocycles. The van der Waals surface area contributed by atoms with Gasteiger partial charge in [0.15, 0.2) is 29.2 Å².